The number of aliphatic hydroxyl groups is 2. The van der Waals surface area contributed by atoms with Crippen LogP contribution in [0.1, 0.15) is 47.8 Å². The van der Waals surface area contributed by atoms with Gasteiger partial charge >= 0.3 is 0 Å². The molecule has 1 atom stereocenters. The summed E-state index contributed by atoms with van der Waals surface area (Å²) >= 11 is 1.67. The zero-order valence-electron chi connectivity index (χ0n) is 21.1. The molecule has 6 nitrogen and oxygen atoms in total. The molecular formula is C29H36N2O4S. The topological polar surface area (TPSA) is 102 Å². The van der Waals surface area contributed by atoms with Gasteiger partial charge in [0.05, 0.1) is 19.1 Å². The lowest BCUT2D eigenvalue weighted by atomic mass is 9.93. The summed E-state index contributed by atoms with van der Waals surface area (Å²) in [5.41, 5.74) is 3.89. The highest BCUT2D eigenvalue weighted by Crippen LogP contribution is 2.23. The SMILES string of the molecule is CSc1ccccc1CNC(=O)Cc1cccc(CC(C)(C)NC[C@@H](O)c2ccc(O)c(CO)c2)c1. The van der Waals surface area contributed by atoms with Crippen LogP contribution in [-0.4, -0.2) is 39.6 Å². The molecule has 0 aliphatic carbocycles. The van der Waals surface area contributed by atoms with Gasteiger partial charge in [0.15, 0.2) is 0 Å². The Kier molecular flexibility index (Phi) is 9.96. The van der Waals surface area contributed by atoms with Crippen molar-refractivity contribution in [2.75, 3.05) is 12.8 Å². The Morgan fingerprint density at radius 1 is 1.00 bits per heavy atom. The number of aliphatic hydroxyl groups excluding tert-OH is 2. The minimum atomic E-state index is -0.776. The predicted molar refractivity (Wildman–Crippen MR) is 145 cm³/mol. The molecule has 0 saturated heterocycles. The number of carbonyl (C=O) groups is 1. The third kappa shape index (κ3) is 8.10. The van der Waals surface area contributed by atoms with Crippen LogP contribution in [0.3, 0.4) is 0 Å². The van der Waals surface area contributed by atoms with Gasteiger partial charge in [-0.15, -0.1) is 11.8 Å². The fourth-order valence-electron chi connectivity index (χ4n) is 4.14. The maximum absolute atomic E-state index is 12.6. The molecule has 0 radical (unpaired) electrons. The fraction of sp³-hybridized carbons (Fsp3) is 0.345. The Morgan fingerprint density at radius 3 is 2.50 bits per heavy atom. The van der Waals surface area contributed by atoms with E-state index in [0.29, 0.717) is 37.1 Å². The van der Waals surface area contributed by atoms with Gasteiger partial charge in [0, 0.05) is 29.1 Å². The third-order valence-electron chi connectivity index (χ3n) is 6.10. The Balaban J connectivity index is 1.54. The van der Waals surface area contributed by atoms with E-state index in [2.05, 4.69) is 36.6 Å². The molecule has 192 valence electrons. The molecule has 0 saturated carbocycles. The maximum atomic E-state index is 12.6. The van der Waals surface area contributed by atoms with Crippen LogP contribution in [0.5, 0.6) is 5.75 Å². The van der Waals surface area contributed by atoms with Crippen molar-refractivity contribution in [1.29, 1.82) is 0 Å². The largest absolute Gasteiger partial charge is 0.508 e. The van der Waals surface area contributed by atoms with Gasteiger partial charge in [0.1, 0.15) is 5.75 Å². The highest BCUT2D eigenvalue weighted by molar-refractivity contribution is 7.98. The maximum Gasteiger partial charge on any atom is 0.224 e. The van der Waals surface area contributed by atoms with Crippen molar-refractivity contribution >= 4 is 17.7 Å². The lowest BCUT2D eigenvalue weighted by Crippen LogP contribution is -2.43. The monoisotopic (exact) mass is 508 g/mol. The van der Waals surface area contributed by atoms with Crippen molar-refractivity contribution in [2.24, 2.45) is 0 Å². The number of nitrogens with one attached hydrogen (secondary N) is 2. The van der Waals surface area contributed by atoms with E-state index < -0.39 is 6.10 Å². The molecule has 3 aromatic rings. The van der Waals surface area contributed by atoms with E-state index in [1.807, 2.05) is 42.7 Å². The van der Waals surface area contributed by atoms with Crippen LogP contribution < -0.4 is 10.6 Å². The van der Waals surface area contributed by atoms with E-state index in [1.165, 1.54) is 11.0 Å². The number of hydrogen-bond acceptors (Lipinski definition) is 6. The zero-order valence-corrected chi connectivity index (χ0v) is 21.9. The lowest BCUT2D eigenvalue weighted by molar-refractivity contribution is -0.120. The van der Waals surface area contributed by atoms with E-state index in [4.69, 9.17) is 0 Å². The Bertz CT molecular complexity index is 1170. The molecule has 36 heavy (non-hydrogen) atoms. The van der Waals surface area contributed by atoms with Crippen molar-refractivity contribution in [2.45, 2.75) is 56.4 Å². The first-order valence-corrected chi connectivity index (χ1v) is 13.3. The van der Waals surface area contributed by atoms with Crippen LogP contribution in [0.15, 0.2) is 71.6 Å². The first kappa shape index (κ1) is 27.7. The Labute approximate surface area is 217 Å². The van der Waals surface area contributed by atoms with Crippen molar-refractivity contribution in [1.82, 2.24) is 10.6 Å². The molecule has 0 heterocycles. The van der Waals surface area contributed by atoms with Gasteiger partial charge in [-0.2, -0.15) is 0 Å². The second-order valence-electron chi connectivity index (χ2n) is 9.59. The highest BCUT2D eigenvalue weighted by atomic mass is 32.2. The van der Waals surface area contributed by atoms with E-state index >= 15 is 0 Å². The molecule has 7 heteroatoms. The summed E-state index contributed by atoms with van der Waals surface area (Å²) in [6, 6.07) is 20.9. The highest BCUT2D eigenvalue weighted by Gasteiger charge is 2.20. The summed E-state index contributed by atoms with van der Waals surface area (Å²) in [5.74, 6) is -0.000194. The van der Waals surface area contributed by atoms with Crippen LogP contribution >= 0.6 is 11.8 Å². The summed E-state index contributed by atoms with van der Waals surface area (Å²) in [5, 5.41) is 36.1. The standard InChI is InChI=1S/C29H36N2O4S/c1-29(2,31-18-26(34)22-11-12-25(33)24(15-22)19-32)16-21-8-6-7-20(13-21)14-28(35)30-17-23-9-4-5-10-27(23)36-3/h4-13,15,26,31-34H,14,16-19H2,1-3H3,(H,30,35)/t26-/m1/s1. The van der Waals surface area contributed by atoms with Crippen molar-refractivity contribution < 1.29 is 20.1 Å². The van der Waals surface area contributed by atoms with Gasteiger partial charge in [-0.1, -0.05) is 48.5 Å². The van der Waals surface area contributed by atoms with Crippen LogP contribution in [0.25, 0.3) is 0 Å². The van der Waals surface area contributed by atoms with Crippen molar-refractivity contribution in [3.8, 4) is 5.75 Å². The van der Waals surface area contributed by atoms with Gasteiger partial charge in [0.25, 0.3) is 0 Å². The predicted octanol–water partition coefficient (Wildman–Crippen LogP) is 4.11. The molecule has 0 bridgehead atoms. The summed E-state index contributed by atoms with van der Waals surface area (Å²) < 4.78 is 0. The first-order chi connectivity index (χ1) is 17.2. The van der Waals surface area contributed by atoms with Crippen molar-refractivity contribution in [3.63, 3.8) is 0 Å². The average Bonchev–Trinajstić information content (AvgIpc) is 2.86. The third-order valence-corrected chi connectivity index (χ3v) is 6.94. The minimum absolute atomic E-state index is 0.0140. The minimum Gasteiger partial charge on any atom is -0.508 e. The van der Waals surface area contributed by atoms with Crippen molar-refractivity contribution in [3.05, 3.63) is 94.5 Å². The number of β-amino-alcohol motifs (C(OH)–C–C–N with tert-alkyl or cyclic N) is 1. The van der Waals surface area contributed by atoms with Crippen LogP contribution in [-0.2, 0) is 30.8 Å². The smallest absolute Gasteiger partial charge is 0.224 e. The average molecular weight is 509 g/mol. The van der Waals surface area contributed by atoms with Crippen LogP contribution in [0, 0.1) is 0 Å². The lowest BCUT2D eigenvalue weighted by Gasteiger charge is -2.28. The summed E-state index contributed by atoms with van der Waals surface area (Å²) in [7, 11) is 0. The number of phenols is 1. The number of rotatable bonds is 12. The molecule has 3 rings (SSSR count). The number of benzene rings is 3. The molecule has 0 spiro atoms. The van der Waals surface area contributed by atoms with Crippen LogP contribution in [0.4, 0.5) is 0 Å². The normalized spacial score (nSPS) is 12.4. The molecule has 3 aromatic carbocycles. The van der Waals surface area contributed by atoms with E-state index in [9.17, 15) is 20.1 Å². The van der Waals surface area contributed by atoms with Gasteiger partial charge in [-0.05, 0) is 67.0 Å². The quantitative estimate of drug-likeness (QED) is 0.236. The van der Waals surface area contributed by atoms with Gasteiger partial charge in [0.2, 0.25) is 5.91 Å². The van der Waals surface area contributed by atoms with E-state index in [-0.39, 0.29) is 23.8 Å². The fourth-order valence-corrected chi connectivity index (χ4v) is 4.76. The number of aromatic hydroxyl groups is 1. The number of carbonyl (C=O) groups excluding carboxylic acids is 1. The molecule has 0 aliphatic rings. The summed E-state index contributed by atoms with van der Waals surface area (Å²) in [6.45, 7) is 4.68. The second-order valence-corrected chi connectivity index (χ2v) is 10.4. The second kappa shape index (κ2) is 12.9. The summed E-state index contributed by atoms with van der Waals surface area (Å²) in [6.07, 6.45) is 2.29. The Morgan fingerprint density at radius 2 is 1.75 bits per heavy atom. The molecule has 1 amide bonds. The summed E-state index contributed by atoms with van der Waals surface area (Å²) in [4.78, 5) is 13.7. The number of hydrogen-bond donors (Lipinski definition) is 5. The molecular weight excluding hydrogens is 472 g/mol. The Hall–Kier alpha value is -2.84. The number of amides is 1. The van der Waals surface area contributed by atoms with Crippen LogP contribution in [0.2, 0.25) is 0 Å². The van der Waals surface area contributed by atoms with Gasteiger partial charge in [-0.25, -0.2) is 0 Å². The van der Waals surface area contributed by atoms with Gasteiger partial charge < -0.3 is 26.0 Å². The van der Waals surface area contributed by atoms with Gasteiger partial charge in [-0.3, -0.25) is 4.79 Å². The zero-order chi connectivity index (χ0) is 26.1. The first-order valence-electron chi connectivity index (χ1n) is 12.0. The molecule has 0 fully saturated rings. The van der Waals surface area contributed by atoms with E-state index in [0.717, 1.165) is 16.7 Å². The number of thioether (sulfide) groups is 1. The molecule has 0 aromatic heterocycles. The molecule has 0 aliphatic heterocycles. The molecule has 0 unspecified atom stereocenters. The van der Waals surface area contributed by atoms with E-state index in [1.54, 1.807) is 23.9 Å². The molecule has 5 N–H and O–H groups in total.